The molecule has 0 unspecified atom stereocenters. The molecule has 5 nitrogen and oxygen atoms in total. The van der Waals surface area contributed by atoms with Gasteiger partial charge in [-0.05, 0) is 29.8 Å². The van der Waals surface area contributed by atoms with E-state index in [-0.39, 0.29) is 5.69 Å². The number of H-pyrrole nitrogens is 1. The van der Waals surface area contributed by atoms with Gasteiger partial charge in [0, 0.05) is 0 Å². The van der Waals surface area contributed by atoms with E-state index in [1.54, 1.807) is 23.2 Å². The molecule has 23 heavy (non-hydrogen) atoms. The van der Waals surface area contributed by atoms with Crippen LogP contribution in [-0.4, -0.2) is 24.2 Å². The molecule has 0 fully saturated rings. The van der Waals surface area contributed by atoms with Crippen LogP contribution in [0.25, 0.3) is 12.2 Å². The van der Waals surface area contributed by atoms with E-state index in [0.29, 0.717) is 17.1 Å². The van der Waals surface area contributed by atoms with Crippen LogP contribution in [0.15, 0.2) is 29.1 Å². The molecule has 1 aromatic carbocycles. The number of methoxy groups -OCH3 is 2. The van der Waals surface area contributed by atoms with Crippen LogP contribution < -0.4 is 15.2 Å². The van der Waals surface area contributed by atoms with E-state index in [2.05, 4.69) is 4.98 Å². The van der Waals surface area contributed by atoms with Gasteiger partial charge in [0.2, 0.25) is 0 Å². The number of rotatable bonds is 4. The van der Waals surface area contributed by atoms with E-state index in [9.17, 15) is 18.0 Å². The zero-order valence-corrected chi connectivity index (χ0v) is 12.3. The lowest BCUT2D eigenvalue weighted by Crippen LogP contribution is -2.19. The summed E-state index contributed by atoms with van der Waals surface area (Å²) in [6.45, 7) is 0. The molecular weight excluding hydrogens is 313 g/mol. The average Bonchev–Trinajstić information content (AvgIpc) is 2.51. The maximum absolute atomic E-state index is 12.6. The van der Waals surface area contributed by atoms with Crippen molar-refractivity contribution in [2.45, 2.75) is 6.18 Å². The van der Waals surface area contributed by atoms with Crippen LogP contribution in [0, 0.1) is 0 Å². The molecule has 0 saturated carbocycles. The van der Waals surface area contributed by atoms with Crippen molar-refractivity contribution in [3.63, 3.8) is 0 Å². The minimum absolute atomic E-state index is 0.101. The van der Waals surface area contributed by atoms with Crippen molar-refractivity contribution in [1.29, 1.82) is 0 Å². The minimum atomic E-state index is -4.64. The molecule has 1 aromatic heterocycles. The second-order valence-corrected chi connectivity index (χ2v) is 4.47. The summed E-state index contributed by atoms with van der Waals surface area (Å²) in [6.07, 6.45) is -1.82. The van der Waals surface area contributed by atoms with Crippen molar-refractivity contribution >= 4 is 12.2 Å². The lowest BCUT2D eigenvalue weighted by atomic mass is 10.1. The molecular formula is C15H13F3N2O3. The molecule has 0 atom stereocenters. The summed E-state index contributed by atoms with van der Waals surface area (Å²) in [7, 11) is 2.96. The topological polar surface area (TPSA) is 64.2 Å². The SMILES string of the molecule is COc1ccc(/C=C/c2cc(C(F)(F)F)[nH]c(=O)n2)cc1OC. The smallest absolute Gasteiger partial charge is 0.431 e. The molecule has 0 spiro atoms. The van der Waals surface area contributed by atoms with E-state index in [0.717, 1.165) is 6.07 Å². The predicted octanol–water partition coefficient (Wildman–Crippen LogP) is 2.98. The van der Waals surface area contributed by atoms with Crippen LogP contribution in [0.5, 0.6) is 11.5 Å². The molecule has 1 N–H and O–H groups in total. The first-order valence-electron chi connectivity index (χ1n) is 6.42. The first-order chi connectivity index (χ1) is 10.8. The van der Waals surface area contributed by atoms with Crippen molar-refractivity contribution in [2.75, 3.05) is 14.2 Å². The molecule has 122 valence electrons. The number of nitrogens with zero attached hydrogens (tertiary/aromatic N) is 1. The Labute approximate surface area is 129 Å². The largest absolute Gasteiger partial charge is 0.493 e. The Morgan fingerprint density at radius 2 is 1.78 bits per heavy atom. The molecule has 8 heteroatoms. The third-order valence-corrected chi connectivity index (χ3v) is 2.92. The Morgan fingerprint density at radius 1 is 1.09 bits per heavy atom. The first kappa shape index (κ1) is 16.6. The van der Waals surface area contributed by atoms with Crippen LogP contribution in [0.4, 0.5) is 13.2 Å². The van der Waals surface area contributed by atoms with Crippen LogP contribution in [-0.2, 0) is 6.18 Å². The Balaban J connectivity index is 2.34. The van der Waals surface area contributed by atoms with Crippen molar-refractivity contribution in [3.05, 3.63) is 51.7 Å². The number of aromatic amines is 1. The van der Waals surface area contributed by atoms with Gasteiger partial charge in [0.05, 0.1) is 19.9 Å². The Bertz CT molecular complexity index is 782. The first-order valence-corrected chi connectivity index (χ1v) is 6.42. The average molecular weight is 326 g/mol. The molecule has 0 aliphatic heterocycles. The highest BCUT2D eigenvalue weighted by Gasteiger charge is 2.32. The third-order valence-electron chi connectivity index (χ3n) is 2.92. The van der Waals surface area contributed by atoms with Crippen LogP contribution in [0.3, 0.4) is 0 Å². The van der Waals surface area contributed by atoms with E-state index >= 15 is 0 Å². The number of alkyl halides is 3. The molecule has 0 amide bonds. The van der Waals surface area contributed by atoms with Gasteiger partial charge in [-0.1, -0.05) is 12.1 Å². The quantitative estimate of drug-likeness (QED) is 0.938. The Morgan fingerprint density at radius 3 is 2.39 bits per heavy atom. The maximum Gasteiger partial charge on any atom is 0.431 e. The summed E-state index contributed by atoms with van der Waals surface area (Å²) in [6, 6.07) is 5.76. The highest BCUT2D eigenvalue weighted by atomic mass is 19.4. The molecule has 2 aromatic rings. The van der Waals surface area contributed by atoms with Crippen LogP contribution in [0.1, 0.15) is 17.0 Å². The Kier molecular flexibility index (Phi) is 4.73. The highest BCUT2D eigenvalue weighted by molar-refractivity contribution is 5.69. The zero-order chi connectivity index (χ0) is 17.0. The van der Waals surface area contributed by atoms with Gasteiger partial charge >= 0.3 is 11.9 Å². The monoisotopic (exact) mass is 326 g/mol. The fraction of sp³-hybridized carbons (Fsp3) is 0.200. The normalized spacial score (nSPS) is 11.7. The predicted molar refractivity (Wildman–Crippen MR) is 78.3 cm³/mol. The second kappa shape index (κ2) is 6.55. The fourth-order valence-electron chi connectivity index (χ4n) is 1.85. The van der Waals surface area contributed by atoms with E-state index < -0.39 is 17.6 Å². The summed E-state index contributed by atoms with van der Waals surface area (Å²) >= 11 is 0. The second-order valence-electron chi connectivity index (χ2n) is 4.47. The van der Waals surface area contributed by atoms with Gasteiger partial charge in [-0.15, -0.1) is 0 Å². The molecule has 1 heterocycles. The standard InChI is InChI=1S/C15H13F3N2O3/c1-22-11-6-4-9(7-12(11)23-2)3-5-10-8-13(15(16,17)18)20-14(21)19-10/h3-8H,1-2H3,(H,19,20,21)/b5-3+. The van der Waals surface area contributed by atoms with Crippen molar-refractivity contribution < 1.29 is 22.6 Å². The summed E-state index contributed by atoms with van der Waals surface area (Å²) in [5.74, 6) is 1.00. The van der Waals surface area contributed by atoms with Gasteiger partial charge in [-0.2, -0.15) is 18.2 Å². The number of nitrogens with one attached hydrogen (secondary N) is 1. The summed E-state index contributed by atoms with van der Waals surface area (Å²) in [5.41, 5.74) is -1.66. The number of hydrogen-bond donors (Lipinski definition) is 1. The molecule has 0 aliphatic rings. The van der Waals surface area contributed by atoms with E-state index in [4.69, 9.17) is 9.47 Å². The van der Waals surface area contributed by atoms with Crippen molar-refractivity contribution in [2.24, 2.45) is 0 Å². The van der Waals surface area contributed by atoms with Gasteiger partial charge in [0.25, 0.3) is 0 Å². The van der Waals surface area contributed by atoms with Crippen LogP contribution >= 0.6 is 0 Å². The highest BCUT2D eigenvalue weighted by Crippen LogP contribution is 2.29. The number of hydrogen-bond acceptors (Lipinski definition) is 4. The fourth-order valence-corrected chi connectivity index (χ4v) is 1.85. The van der Waals surface area contributed by atoms with Gasteiger partial charge in [-0.25, -0.2) is 4.79 Å². The molecule has 2 rings (SSSR count). The summed E-state index contributed by atoms with van der Waals surface area (Å²) in [4.78, 5) is 16.4. The van der Waals surface area contributed by atoms with Gasteiger partial charge in [-0.3, -0.25) is 0 Å². The van der Waals surface area contributed by atoms with Gasteiger partial charge in [0.15, 0.2) is 11.5 Å². The summed E-state index contributed by atoms with van der Waals surface area (Å²) in [5, 5.41) is 0. The lowest BCUT2D eigenvalue weighted by Gasteiger charge is -2.08. The number of halogens is 3. The maximum atomic E-state index is 12.6. The number of aromatic nitrogens is 2. The van der Waals surface area contributed by atoms with Gasteiger partial charge < -0.3 is 14.5 Å². The number of ether oxygens (including phenoxy) is 2. The third kappa shape index (κ3) is 4.12. The molecule has 0 saturated heterocycles. The van der Waals surface area contributed by atoms with Crippen molar-refractivity contribution in [3.8, 4) is 11.5 Å². The molecule has 0 aliphatic carbocycles. The molecule has 0 bridgehead atoms. The zero-order valence-electron chi connectivity index (χ0n) is 12.3. The minimum Gasteiger partial charge on any atom is -0.493 e. The van der Waals surface area contributed by atoms with Crippen LogP contribution in [0.2, 0.25) is 0 Å². The van der Waals surface area contributed by atoms with Crippen molar-refractivity contribution in [1.82, 2.24) is 9.97 Å². The number of benzene rings is 1. The van der Waals surface area contributed by atoms with E-state index in [1.165, 1.54) is 26.4 Å². The summed E-state index contributed by atoms with van der Waals surface area (Å²) < 4.78 is 48.1. The Hall–Kier alpha value is -2.77. The van der Waals surface area contributed by atoms with E-state index in [1.807, 2.05) is 0 Å². The molecule has 0 radical (unpaired) electrons. The van der Waals surface area contributed by atoms with Gasteiger partial charge in [0.1, 0.15) is 5.69 Å². The lowest BCUT2D eigenvalue weighted by molar-refractivity contribution is -0.141.